The van der Waals surface area contributed by atoms with Crippen molar-refractivity contribution in [1.82, 2.24) is 10.2 Å². The molecule has 0 aromatic heterocycles. The van der Waals surface area contributed by atoms with Crippen LogP contribution in [-0.2, 0) is 9.53 Å². The van der Waals surface area contributed by atoms with Gasteiger partial charge in [-0.05, 0) is 31.2 Å². The molecular weight excluding hydrogens is 252 g/mol. The first-order valence-corrected chi connectivity index (χ1v) is 8.07. The van der Waals surface area contributed by atoms with Crippen molar-refractivity contribution < 1.29 is 9.53 Å². The van der Waals surface area contributed by atoms with Gasteiger partial charge in [0.25, 0.3) is 0 Å². The van der Waals surface area contributed by atoms with Gasteiger partial charge in [-0.3, -0.25) is 9.69 Å². The lowest BCUT2D eigenvalue weighted by atomic mass is 9.89. The van der Waals surface area contributed by atoms with E-state index in [1.807, 2.05) is 0 Å². The molecule has 1 aliphatic heterocycles. The Balaban J connectivity index is 2.50. The lowest BCUT2D eigenvalue weighted by molar-refractivity contribution is -0.142. The minimum atomic E-state index is -0.122. The fourth-order valence-corrected chi connectivity index (χ4v) is 2.93. The van der Waals surface area contributed by atoms with Crippen molar-refractivity contribution in [2.75, 3.05) is 33.3 Å². The van der Waals surface area contributed by atoms with Crippen molar-refractivity contribution >= 4 is 5.97 Å². The van der Waals surface area contributed by atoms with E-state index in [0.717, 1.165) is 19.6 Å². The molecule has 0 saturated carbocycles. The Morgan fingerprint density at radius 1 is 1.40 bits per heavy atom. The van der Waals surface area contributed by atoms with Crippen molar-refractivity contribution in [2.24, 2.45) is 11.8 Å². The minimum absolute atomic E-state index is 0.122. The molecule has 0 amide bonds. The van der Waals surface area contributed by atoms with Crippen LogP contribution in [0.2, 0.25) is 0 Å². The molecule has 4 nitrogen and oxygen atoms in total. The molecule has 1 aliphatic rings. The summed E-state index contributed by atoms with van der Waals surface area (Å²) in [5.41, 5.74) is 0. The maximum atomic E-state index is 11.5. The van der Waals surface area contributed by atoms with Crippen LogP contribution in [0.15, 0.2) is 0 Å². The molecule has 118 valence electrons. The molecule has 0 aromatic carbocycles. The average Bonchev–Trinajstić information content (AvgIpc) is 2.42. The van der Waals surface area contributed by atoms with E-state index >= 15 is 0 Å². The first-order chi connectivity index (χ1) is 9.55. The van der Waals surface area contributed by atoms with Gasteiger partial charge in [-0.2, -0.15) is 0 Å². The molecule has 0 aromatic rings. The molecule has 1 N–H and O–H groups in total. The SMILES string of the molecule is CCCCC1CC(NCC(C)C)CN(CC(=O)OC)C1. The van der Waals surface area contributed by atoms with Crippen LogP contribution < -0.4 is 5.32 Å². The monoisotopic (exact) mass is 284 g/mol. The van der Waals surface area contributed by atoms with Gasteiger partial charge >= 0.3 is 5.97 Å². The molecule has 2 unspecified atom stereocenters. The van der Waals surface area contributed by atoms with Gasteiger partial charge < -0.3 is 10.1 Å². The van der Waals surface area contributed by atoms with Gasteiger partial charge in [-0.25, -0.2) is 0 Å². The van der Waals surface area contributed by atoms with Crippen molar-refractivity contribution in [2.45, 2.75) is 52.5 Å². The van der Waals surface area contributed by atoms with E-state index in [9.17, 15) is 4.79 Å². The second kappa shape index (κ2) is 9.35. The second-order valence-electron chi connectivity index (χ2n) is 6.51. The fraction of sp³-hybridized carbons (Fsp3) is 0.938. The summed E-state index contributed by atoms with van der Waals surface area (Å²) in [5.74, 6) is 1.25. The number of esters is 1. The first-order valence-electron chi connectivity index (χ1n) is 8.07. The number of ether oxygens (including phenoxy) is 1. The number of piperidine rings is 1. The number of methoxy groups -OCH3 is 1. The molecule has 0 aliphatic carbocycles. The van der Waals surface area contributed by atoms with E-state index in [2.05, 4.69) is 31.0 Å². The predicted molar refractivity (Wildman–Crippen MR) is 82.7 cm³/mol. The van der Waals surface area contributed by atoms with Crippen LogP contribution in [0.1, 0.15) is 46.5 Å². The Labute approximate surface area is 124 Å². The quantitative estimate of drug-likeness (QED) is 0.694. The number of unbranched alkanes of at least 4 members (excludes halogenated alkanes) is 1. The van der Waals surface area contributed by atoms with Gasteiger partial charge in [0.15, 0.2) is 0 Å². The predicted octanol–water partition coefficient (Wildman–Crippen LogP) is 2.29. The highest BCUT2D eigenvalue weighted by Gasteiger charge is 2.27. The van der Waals surface area contributed by atoms with Gasteiger partial charge in [-0.15, -0.1) is 0 Å². The number of carbonyl (C=O) groups excluding carboxylic acids is 1. The zero-order chi connectivity index (χ0) is 15.0. The summed E-state index contributed by atoms with van der Waals surface area (Å²) in [6.07, 6.45) is 5.05. The van der Waals surface area contributed by atoms with Crippen LogP contribution in [0.4, 0.5) is 0 Å². The maximum Gasteiger partial charge on any atom is 0.319 e. The largest absolute Gasteiger partial charge is 0.468 e. The van der Waals surface area contributed by atoms with Gasteiger partial charge in [0, 0.05) is 19.1 Å². The number of hydrogen-bond donors (Lipinski definition) is 1. The van der Waals surface area contributed by atoms with Gasteiger partial charge in [0.05, 0.1) is 13.7 Å². The summed E-state index contributed by atoms with van der Waals surface area (Å²) in [7, 11) is 1.47. The number of rotatable bonds is 8. The maximum absolute atomic E-state index is 11.5. The summed E-state index contributed by atoms with van der Waals surface area (Å²) >= 11 is 0. The minimum Gasteiger partial charge on any atom is -0.468 e. The van der Waals surface area contributed by atoms with Crippen LogP contribution in [0, 0.1) is 11.8 Å². The Hall–Kier alpha value is -0.610. The van der Waals surface area contributed by atoms with E-state index < -0.39 is 0 Å². The molecular formula is C16H32N2O2. The van der Waals surface area contributed by atoms with Crippen LogP contribution >= 0.6 is 0 Å². The lowest BCUT2D eigenvalue weighted by Crippen LogP contribution is -2.51. The number of hydrogen-bond acceptors (Lipinski definition) is 4. The van der Waals surface area contributed by atoms with E-state index in [0.29, 0.717) is 24.4 Å². The Morgan fingerprint density at radius 2 is 2.15 bits per heavy atom. The Bertz CT molecular complexity index is 282. The Kier molecular flexibility index (Phi) is 8.15. The molecule has 4 heteroatoms. The molecule has 0 radical (unpaired) electrons. The van der Waals surface area contributed by atoms with Crippen LogP contribution in [-0.4, -0.2) is 50.2 Å². The zero-order valence-electron chi connectivity index (χ0n) is 13.7. The van der Waals surface area contributed by atoms with Gasteiger partial charge in [0.1, 0.15) is 0 Å². The van der Waals surface area contributed by atoms with Crippen LogP contribution in [0.3, 0.4) is 0 Å². The number of carbonyl (C=O) groups is 1. The molecule has 2 atom stereocenters. The third kappa shape index (κ3) is 6.71. The second-order valence-corrected chi connectivity index (χ2v) is 6.51. The molecule has 0 spiro atoms. The summed E-state index contributed by atoms with van der Waals surface area (Å²) in [6, 6.07) is 0.512. The van der Waals surface area contributed by atoms with E-state index in [-0.39, 0.29) is 5.97 Å². The van der Waals surface area contributed by atoms with Crippen molar-refractivity contribution in [3.63, 3.8) is 0 Å². The summed E-state index contributed by atoms with van der Waals surface area (Å²) in [6.45, 7) is 10.2. The Morgan fingerprint density at radius 3 is 2.75 bits per heavy atom. The van der Waals surface area contributed by atoms with E-state index in [1.165, 1.54) is 32.8 Å². The highest BCUT2D eigenvalue weighted by molar-refractivity contribution is 5.71. The van der Waals surface area contributed by atoms with E-state index in [1.54, 1.807) is 0 Å². The number of nitrogens with zero attached hydrogens (tertiary/aromatic N) is 1. The molecule has 0 bridgehead atoms. The highest BCUT2D eigenvalue weighted by Crippen LogP contribution is 2.22. The third-order valence-electron chi connectivity index (χ3n) is 3.97. The summed E-state index contributed by atoms with van der Waals surface area (Å²) in [5, 5.41) is 3.65. The number of likely N-dealkylation sites (tertiary alicyclic amines) is 1. The van der Waals surface area contributed by atoms with Crippen molar-refractivity contribution in [1.29, 1.82) is 0 Å². The molecule has 1 heterocycles. The van der Waals surface area contributed by atoms with Crippen LogP contribution in [0.5, 0.6) is 0 Å². The molecule has 20 heavy (non-hydrogen) atoms. The normalized spacial score (nSPS) is 24.1. The third-order valence-corrected chi connectivity index (χ3v) is 3.97. The molecule has 1 rings (SSSR count). The zero-order valence-corrected chi connectivity index (χ0v) is 13.7. The smallest absolute Gasteiger partial charge is 0.319 e. The lowest BCUT2D eigenvalue weighted by Gasteiger charge is -2.38. The van der Waals surface area contributed by atoms with Crippen molar-refractivity contribution in [3.05, 3.63) is 0 Å². The first kappa shape index (κ1) is 17.4. The molecule has 1 saturated heterocycles. The van der Waals surface area contributed by atoms with Crippen molar-refractivity contribution in [3.8, 4) is 0 Å². The van der Waals surface area contributed by atoms with Crippen LogP contribution in [0.25, 0.3) is 0 Å². The summed E-state index contributed by atoms with van der Waals surface area (Å²) in [4.78, 5) is 13.7. The molecule has 1 fully saturated rings. The highest BCUT2D eigenvalue weighted by atomic mass is 16.5. The average molecular weight is 284 g/mol. The topological polar surface area (TPSA) is 41.6 Å². The van der Waals surface area contributed by atoms with Gasteiger partial charge in [0.2, 0.25) is 0 Å². The standard InChI is InChI=1S/C16H32N2O2/c1-5-6-7-14-8-15(17-9-13(2)3)11-18(10-14)12-16(19)20-4/h13-15,17H,5-12H2,1-4H3. The fourth-order valence-electron chi connectivity index (χ4n) is 2.93. The summed E-state index contributed by atoms with van der Waals surface area (Å²) < 4.78 is 4.80. The number of nitrogens with one attached hydrogen (secondary N) is 1. The van der Waals surface area contributed by atoms with E-state index in [4.69, 9.17) is 4.74 Å². The van der Waals surface area contributed by atoms with Gasteiger partial charge in [-0.1, -0.05) is 33.6 Å².